The molecular weight excluding hydrogens is 170 g/mol. The number of nitrogens with zero attached hydrogens (tertiary/aromatic N) is 1. The third kappa shape index (κ3) is 2.66. The lowest BCUT2D eigenvalue weighted by atomic mass is 9.99. The van der Waals surface area contributed by atoms with Crippen molar-refractivity contribution >= 4 is 12.3 Å². The molecule has 0 bridgehead atoms. The first kappa shape index (κ1) is 9.38. The van der Waals surface area contributed by atoms with Crippen LogP contribution in [0.2, 0.25) is 0 Å². The molecule has 0 saturated heterocycles. The average Bonchev–Trinajstić information content (AvgIpc) is 2.15. The van der Waals surface area contributed by atoms with Crippen LogP contribution in [-0.4, -0.2) is 22.3 Å². The van der Waals surface area contributed by atoms with Crippen LogP contribution in [0.3, 0.4) is 0 Å². The van der Waals surface area contributed by atoms with Crippen LogP contribution >= 0.6 is 0 Å². The van der Waals surface area contributed by atoms with Crippen molar-refractivity contribution in [1.29, 1.82) is 0 Å². The third-order valence-corrected chi connectivity index (χ3v) is 1.69. The van der Waals surface area contributed by atoms with E-state index in [2.05, 4.69) is 4.98 Å². The Morgan fingerprint density at radius 2 is 2.15 bits per heavy atom. The van der Waals surface area contributed by atoms with E-state index in [-0.39, 0.29) is 6.42 Å². The summed E-state index contributed by atoms with van der Waals surface area (Å²) in [5, 5.41) is 8.50. The zero-order valence-corrected chi connectivity index (χ0v) is 6.88. The second-order valence-electron chi connectivity index (χ2n) is 2.62. The SMILES string of the molecule is O=CC(CC(=O)O)c1ccncc1. The Morgan fingerprint density at radius 1 is 1.54 bits per heavy atom. The van der Waals surface area contributed by atoms with E-state index in [9.17, 15) is 9.59 Å². The number of carbonyl (C=O) groups is 2. The molecule has 0 spiro atoms. The van der Waals surface area contributed by atoms with Crippen molar-refractivity contribution in [3.05, 3.63) is 30.1 Å². The molecule has 4 nitrogen and oxygen atoms in total. The van der Waals surface area contributed by atoms with Crippen molar-refractivity contribution in [3.63, 3.8) is 0 Å². The largest absolute Gasteiger partial charge is 0.481 e. The molecule has 0 saturated carbocycles. The minimum Gasteiger partial charge on any atom is -0.481 e. The van der Waals surface area contributed by atoms with Gasteiger partial charge in [0, 0.05) is 12.4 Å². The van der Waals surface area contributed by atoms with Gasteiger partial charge in [0.15, 0.2) is 0 Å². The predicted octanol–water partition coefficient (Wildman–Crippen LogP) is 0.839. The van der Waals surface area contributed by atoms with Gasteiger partial charge in [0.1, 0.15) is 6.29 Å². The van der Waals surface area contributed by atoms with Crippen molar-refractivity contribution in [2.45, 2.75) is 12.3 Å². The van der Waals surface area contributed by atoms with Crippen LogP contribution in [0.15, 0.2) is 24.5 Å². The van der Waals surface area contributed by atoms with Gasteiger partial charge >= 0.3 is 5.97 Å². The highest BCUT2D eigenvalue weighted by atomic mass is 16.4. The van der Waals surface area contributed by atoms with Gasteiger partial charge in [0.2, 0.25) is 0 Å². The van der Waals surface area contributed by atoms with Crippen LogP contribution in [0.5, 0.6) is 0 Å². The Labute approximate surface area is 75.2 Å². The minimum absolute atomic E-state index is 0.173. The van der Waals surface area contributed by atoms with Crippen LogP contribution < -0.4 is 0 Å². The summed E-state index contributed by atoms with van der Waals surface area (Å²) in [6.45, 7) is 0. The van der Waals surface area contributed by atoms with Gasteiger partial charge in [0.05, 0.1) is 12.3 Å². The van der Waals surface area contributed by atoms with Gasteiger partial charge in [-0.15, -0.1) is 0 Å². The van der Waals surface area contributed by atoms with E-state index in [0.717, 1.165) is 0 Å². The Balaban J connectivity index is 2.78. The summed E-state index contributed by atoms with van der Waals surface area (Å²) in [7, 11) is 0. The molecule has 1 heterocycles. The van der Waals surface area contributed by atoms with Crippen molar-refractivity contribution in [2.75, 3.05) is 0 Å². The molecule has 0 aliphatic carbocycles. The van der Waals surface area contributed by atoms with E-state index in [4.69, 9.17) is 5.11 Å². The number of hydrogen-bond donors (Lipinski definition) is 1. The molecule has 0 aromatic carbocycles. The molecule has 0 fully saturated rings. The quantitative estimate of drug-likeness (QED) is 0.695. The molecule has 1 rings (SSSR count). The zero-order valence-electron chi connectivity index (χ0n) is 6.88. The van der Waals surface area contributed by atoms with Gasteiger partial charge in [-0.3, -0.25) is 9.78 Å². The molecule has 1 unspecified atom stereocenters. The molecule has 0 amide bonds. The minimum atomic E-state index is -0.978. The highest BCUT2D eigenvalue weighted by molar-refractivity contribution is 5.75. The summed E-state index contributed by atoms with van der Waals surface area (Å²) < 4.78 is 0. The predicted molar refractivity (Wildman–Crippen MR) is 45.3 cm³/mol. The maximum Gasteiger partial charge on any atom is 0.304 e. The number of pyridine rings is 1. The van der Waals surface area contributed by atoms with Crippen molar-refractivity contribution < 1.29 is 14.7 Å². The summed E-state index contributed by atoms with van der Waals surface area (Å²) in [5.74, 6) is -1.55. The number of carboxylic acid groups (broad SMARTS) is 1. The van der Waals surface area contributed by atoms with E-state index < -0.39 is 11.9 Å². The highest BCUT2D eigenvalue weighted by Gasteiger charge is 2.13. The van der Waals surface area contributed by atoms with Crippen LogP contribution in [-0.2, 0) is 9.59 Å². The first-order valence-corrected chi connectivity index (χ1v) is 3.81. The Hall–Kier alpha value is -1.71. The number of rotatable bonds is 4. The van der Waals surface area contributed by atoms with Crippen LogP contribution in [0.1, 0.15) is 17.9 Å². The van der Waals surface area contributed by atoms with Crippen LogP contribution in [0.4, 0.5) is 0 Å². The maximum atomic E-state index is 10.6. The maximum absolute atomic E-state index is 10.6. The lowest BCUT2D eigenvalue weighted by Gasteiger charge is -2.05. The average molecular weight is 179 g/mol. The van der Waals surface area contributed by atoms with E-state index in [0.29, 0.717) is 11.8 Å². The molecule has 1 aromatic rings. The molecule has 13 heavy (non-hydrogen) atoms. The van der Waals surface area contributed by atoms with E-state index in [1.807, 2.05) is 0 Å². The molecule has 1 aromatic heterocycles. The highest BCUT2D eigenvalue weighted by Crippen LogP contribution is 2.15. The van der Waals surface area contributed by atoms with E-state index in [1.54, 1.807) is 12.1 Å². The number of aldehydes is 1. The monoisotopic (exact) mass is 179 g/mol. The van der Waals surface area contributed by atoms with E-state index >= 15 is 0 Å². The van der Waals surface area contributed by atoms with E-state index in [1.165, 1.54) is 12.4 Å². The summed E-state index contributed by atoms with van der Waals surface area (Å²) in [6, 6.07) is 3.28. The summed E-state index contributed by atoms with van der Waals surface area (Å²) in [6.07, 6.45) is 3.54. The third-order valence-electron chi connectivity index (χ3n) is 1.69. The Bertz CT molecular complexity index is 297. The van der Waals surface area contributed by atoms with Crippen LogP contribution in [0, 0.1) is 0 Å². The fourth-order valence-corrected chi connectivity index (χ4v) is 1.04. The van der Waals surface area contributed by atoms with Gasteiger partial charge in [-0.1, -0.05) is 0 Å². The number of aromatic nitrogens is 1. The molecular formula is C9H9NO3. The normalized spacial score (nSPS) is 12.0. The lowest BCUT2D eigenvalue weighted by Crippen LogP contribution is -2.07. The van der Waals surface area contributed by atoms with Gasteiger partial charge in [-0.2, -0.15) is 0 Å². The molecule has 1 atom stereocenters. The Morgan fingerprint density at radius 3 is 2.62 bits per heavy atom. The molecule has 0 radical (unpaired) electrons. The van der Waals surface area contributed by atoms with Gasteiger partial charge in [-0.25, -0.2) is 0 Å². The zero-order chi connectivity index (χ0) is 9.68. The molecule has 68 valence electrons. The molecule has 0 aliphatic rings. The van der Waals surface area contributed by atoms with Gasteiger partial charge in [-0.05, 0) is 17.7 Å². The van der Waals surface area contributed by atoms with Crippen LogP contribution in [0.25, 0.3) is 0 Å². The number of carbonyl (C=O) groups excluding carboxylic acids is 1. The number of aliphatic carboxylic acids is 1. The van der Waals surface area contributed by atoms with Crippen molar-refractivity contribution in [2.24, 2.45) is 0 Å². The first-order valence-electron chi connectivity index (χ1n) is 3.81. The lowest BCUT2D eigenvalue weighted by molar-refractivity contribution is -0.138. The second kappa shape index (κ2) is 4.35. The second-order valence-corrected chi connectivity index (χ2v) is 2.62. The number of carboxylic acids is 1. The van der Waals surface area contributed by atoms with Crippen molar-refractivity contribution in [3.8, 4) is 0 Å². The first-order chi connectivity index (χ1) is 6.24. The fourth-order valence-electron chi connectivity index (χ4n) is 1.04. The van der Waals surface area contributed by atoms with Crippen molar-refractivity contribution in [1.82, 2.24) is 4.98 Å². The molecule has 4 heteroatoms. The summed E-state index contributed by atoms with van der Waals surface area (Å²) in [5.41, 5.74) is 0.687. The van der Waals surface area contributed by atoms with Gasteiger partial charge in [0.25, 0.3) is 0 Å². The molecule has 0 aliphatic heterocycles. The fraction of sp³-hybridized carbons (Fsp3) is 0.222. The smallest absolute Gasteiger partial charge is 0.304 e. The summed E-state index contributed by atoms with van der Waals surface area (Å²) in [4.78, 5) is 24.7. The summed E-state index contributed by atoms with van der Waals surface area (Å²) >= 11 is 0. The van der Waals surface area contributed by atoms with Gasteiger partial charge < -0.3 is 9.90 Å². The Kier molecular flexibility index (Phi) is 3.14. The standard InChI is InChI=1S/C9H9NO3/c11-6-8(5-9(12)13)7-1-3-10-4-2-7/h1-4,6,8H,5H2,(H,12,13). The number of hydrogen-bond acceptors (Lipinski definition) is 3. The molecule has 1 N–H and O–H groups in total. The topological polar surface area (TPSA) is 67.3 Å².